The average Bonchev–Trinajstić information content (AvgIpc) is 2.26. The van der Waals surface area contributed by atoms with Crippen LogP contribution in [0.25, 0.3) is 0 Å². The Hall–Kier alpha value is -1.47. The fraction of sp³-hybridized carbons (Fsp3) is 0.364. The Morgan fingerprint density at radius 3 is 2.61 bits per heavy atom. The minimum Gasteiger partial charge on any atom is -0.353 e. The maximum atomic E-state index is 12.9. The molecule has 100 valence electrons. The van der Waals surface area contributed by atoms with Crippen LogP contribution in [0, 0.1) is 5.82 Å². The molecule has 1 aromatic rings. The first-order valence-electron chi connectivity index (χ1n) is 5.36. The number of sulfonamides is 1. The van der Waals surface area contributed by atoms with Crippen molar-refractivity contribution < 1.29 is 17.6 Å². The Kier molecular flexibility index (Phi) is 4.80. The van der Waals surface area contributed by atoms with E-state index in [0.29, 0.717) is 0 Å². The number of rotatable bonds is 5. The number of hydrogen-bond acceptors (Lipinski definition) is 3. The quantitative estimate of drug-likeness (QED) is 0.827. The van der Waals surface area contributed by atoms with Crippen molar-refractivity contribution >= 4 is 15.9 Å². The zero-order valence-electron chi connectivity index (χ0n) is 10.1. The predicted molar refractivity (Wildman–Crippen MR) is 64.9 cm³/mol. The van der Waals surface area contributed by atoms with Gasteiger partial charge in [-0.15, -0.1) is 0 Å². The summed E-state index contributed by atoms with van der Waals surface area (Å²) in [5, 5.41) is 2.54. The minimum atomic E-state index is -3.86. The van der Waals surface area contributed by atoms with E-state index in [0.717, 1.165) is 12.1 Å². The Bertz CT molecular complexity index is 529. The highest BCUT2D eigenvalue weighted by atomic mass is 32.2. The van der Waals surface area contributed by atoms with E-state index in [1.807, 2.05) is 0 Å². The largest absolute Gasteiger partial charge is 0.353 e. The normalized spacial score (nSPS) is 11.6. The molecule has 1 rings (SSSR count). The SMILES string of the molecule is CC(C)NC(=O)CNS(=O)(=O)c1cccc(F)c1. The Morgan fingerprint density at radius 1 is 1.39 bits per heavy atom. The van der Waals surface area contributed by atoms with Crippen LogP contribution >= 0.6 is 0 Å². The van der Waals surface area contributed by atoms with Crippen molar-refractivity contribution in [1.29, 1.82) is 0 Å². The average molecular weight is 274 g/mol. The van der Waals surface area contributed by atoms with E-state index < -0.39 is 21.7 Å². The Morgan fingerprint density at radius 2 is 2.06 bits per heavy atom. The first kappa shape index (κ1) is 14.6. The van der Waals surface area contributed by atoms with Gasteiger partial charge in [-0.3, -0.25) is 4.79 Å². The molecule has 1 amide bonds. The van der Waals surface area contributed by atoms with Crippen molar-refractivity contribution in [2.24, 2.45) is 0 Å². The summed E-state index contributed by atoms with van der Waals surface area (Å²) in [5.74, 6) is -1.09. The molecule has 7 heteroatoms. The van der Waals surface area contributed by atoms with Crippen molar-refractivity contribution in [1.82, 2.24) is 10.0 Å². The summed E-state index contributed by atoms with van der Waals surface area (Å²) in [7, 11) is -3.86. The number of benzene rings is 1. The van der Waals surface area contributed by atoms with Gasteiger partial charge in [0.25, 0.3) is 0 Å². The Labute approximate surface area is 105 Å². The molecule has 0 aromatic heterocycles. The van der Waals surface area contributed by atoms with Gasteiger partial charge >= 0.3 is 0 Å². The number of carbonyl (C=O) groups excluding carboxylic acids is 1. The van der Waals surface area contributed by atoms with Gasteiger partial charge in [0, 0.05) is 6.04 Å². The predicted octanol–water partition coefficient (Wildman–Crippen LogP) is 0.629. The zero-order chi connectivity index (χ0) is 13.8. The van der Waals surface area contributed by atoms with Crippen LogP contribution in [0.5, 0.6) is 0 Å². The monoisotopic (exact) mass is 274 g/mol. The van der Waals surface area contributed by atoms with Gasteiger partial charge < -0.3 is 5.32 Å². The topological polar surface area (TPSA) is 75.3 Å². The van der Waals surface area contributed by atoms with Gasteiger partial charge in [-0.05, 0) is 32.0 Å². The third-order valence-electron chi connectivity index (χ3n) is 1.98. The molecule has 0 aliphatic heterocycles. The summed E-state index contributed by atoms with van der Waals surface area (Å²) in [6.45, 7) is 3.15. The molecule has 2 N–H and O–H groups in total. The second-order valence-electron chi connectivity index (χ2n) is 4.00. The van der Waals surface area contributed by atoms with Crippen molar-refractivity contribution in [2.45, 2.75) is 24.8 Å². The lowest BCUT2D eigenvalue weighted by Crippen LogP contribution is -2.39. The van der Waals surface area contributed by atoms with Crippen LogP contribution in [0.15, 0.2) is 29.2 Å². The van der Waals surface area contributed by atoms with Crippen molar-refractivity contribution in [3.05, 3.63) is 30.1 Å². The standard InChI is InChI=1S/C11H15FN2O3S/c1-8(2)14-11(15)7-13-18(16,17)10-5-3-4-9(12)6-10/h3-6,8,13H,7H2,1-2H3,(H,14,15). The van der Waals surface area contributed by atoms with E-state index in [-0.39, 0.29) is 17.5 Å². The second kappa shape index (κ2) is 5.92. The molecule has 0 aliphatic rings. The molecular weight excluding hydrogens is 259 g/mol. The first-order valence-corrected chi connectivity index (χ1v) is 6.84. The summed E-state index contributed by atoms with van der Waals surface area (Å²) in [5.41, 5.74) is 0. The summed E-state index contributed by atoms with van der Waals surface area (Å²) >= 11 is 0. The molecule has 0 atom stereocenters. The maximum absolute atomic E-state index is 12.9. The van der Waals surface area contributed by atoms with Crippen LogP contribution in [0.2, 0.25) is 0 Å². The molecule has 0 heterocycles. The van der Waals surface area contributed by atoms with Gasteiger partial charge in [-0.2, -0.15) is 0 Å². The maximum Gasteiger partial charge on any atom is 0.241 e. The first-order chi connectivity index (χ1) is 8.31. The molecule has 0 aliphatic carbocycles. The lowest BCUT2D eigenvalue weighted by Gasteiger charge is -2.09. The van der Waals surface area contributed by atoms with Gasteiger partial charge in [-0.25, -0.2) is 17.5 Å². The molecule has 0 saturated carbocycles. The van der Waals surface area contributed by atoms with E-state index >= 15 is 0 Å². The van der Waals surface area contributed by atoms with Crippen molar-refractivity contribution in [2.75, 3.05) is 6.54 Å². The third kappa shape index (κ3) is 4.42. The smallest absolute Gasteiger partial charge is 0.241 e. The zero-order valence-corrected chi connectivity index (χ0v) is 10.9. The highest BCUT2D eigenvalue weighted by Crippen LogP contribution is 2.09. The third-order valence-corrected chi connectivity index (χ3v) is 3.38. The molecule has 0 spiro atoms. The van der Waals surface area contributed by atoms with Gasteiger partial charge in [0.15, 0.2) is 0 Å². The van der Waals surface area contributed by atoms with E-state index in [2.05, 4.69) is 10.0 Å². The second-order valence-corrected chi connectivity index (χ2v) is 5.77. The molecule has 18 heavy (non-hydrogen) atoms. The summed E-state index contributed by atoms with van der Waals surface area (Å²) < 4.78 is 38.4. The van der Waals surface area contributed by atoms with E-state index in [1.54, 1.807) is 13.8 Å². The van der Waals surface area contributed by atoms with Crippen LogP contribution in [0.3, 0.4) is 0 Å². The highest BCUT2D eigenvalue weighted by Gasteiger charge is 2.16. The number of carbonyl (C=O) groups is 1. The van der Waals surface area contributed by atoms with Crippen molar-refractivity contribution in [3.8, 4) is 0 Å². The fourth-order valence-electron chi connectivity index (χ4n) is 1.25. The number of amides is 1. The minimum absolute atomic E-state index is 0.0730. The van der Waals surface area contributed by atoms with Gasteiger partial charge in [0.05, 0.1) is 11.4 Å². The van der Waals surface area contributed by atoms with E-state index in [4.69, 9.17) is 0 Å². The summed E-state index contributed by atoms with van der Waals surface area (Å²) in [6, 6.07) is 4.51. The highest BCUT2D eigenvalue weighted by molar-refractivity contribution is 7.89. The summed E-state index contributed by atoms with van der Waals surface area (Å²) in [6.07, 6.45) is 0. The number of halogens is 1. The van der Waals surface area contributed by atoms with Crippen LogP contribution in [-0.2, 0) is 14.8 Å². The van der Waals surface area contributed by atoms with Crippen LogP contribution < -0.4 is 10.0 Å². The molecule has 5 nitrogen and oxygen atoms in total. The number of nitrogens with one attached hydrogen (secondary N) is 2. The molecular formula is C11H15FN2O3S. The van der Waals surface area contributed by atoms with Gasteiger partial charge in [0.2, 0.25) is 15.9 Å². The number of hydrogen-bond donors (Lipinski definition) is 2. The Balaban J connectivity index is 2.69. The van der Waals surface area contributed by atoms with E-state index in [9.17, 15) is 17.6 Å². The summed E-state index contributed by atoms with van der Waals surface area (Å²) in [4.78, 5) is 11.1. The molecule has 0 radical (unpaired) electrons. The lowest BCUT2D eigenvalue weighted by molar-refractivity contribution is -0.120. The molecule has 0 fully saturated rings. The molecule has 0 bridgehead atoms. The van der Waals surface area contributed by atoms with Gasteiger partial charge in [-0.1, -0.05) is 6.07 Å². The van der Waals surface area contributed by atoms with Gasteiger partial charge in [0.1, 0.15) is 5.82 Å². The van der Waals surface area contributed by atoms with E-state index in [1.165, 1.54) is 12.1 Å². The molecule has 0 saturated heterocycles. The molecule has 0 unspecified atom stereocenters. The lowest BCUT2D eigenvalue weighted by atomic mass is 10.4. The fourth-order valence-corrected chi connectivity index (χ4v) is 2.26. The van der Waals surface area contributed by atoms with Crippen LogP contribution in [0.1, 0.15) is 13.8 Å². The molecule has 1 aromatic carbocycles. The van der Waals surface area contributed by atoms with Crippen LogP contribution in [0.4, 0.5) is 4.39 Å². The van der Waals surface area contributed by atoms with Crippen LogP contribution in [-0.4, -0.2) is 26.9 Å². The van der Waals surface area contributed by atoms with Crippen molar-refractivity contribution in [3.63, 3.8) is 0 Å².